The van der Waals surface area contributed by atoms with Crippen molar-refractivity contribution >= 4 is 27.5 Å². The highest BCUT2D eigenvalue weighted by Gasteiger charge is 2.42. The zero-order valence-corrected chi connectivity index (χ0v) is 15.5. The fourth-order valence-electron chi connectivity index (χ4n) is 3.44. The van der Waals surface area contributed by atoms with E-state index in [2.05, 4.69) is 15.9 Å². The minimum Gasteiger partial charge on any atom is -0.493 e. The van der Waals surface area contributed by atoms with E-state index in [1.54, 1.807) is 32.2 Å². The van der Waals surface area contributed by atoms with Crippen LogP contribution in [0.25, 0.3) is 0 Å². The maximum atomic E-state index is 13.1. The second-order valence-corrected chi connectivity index (χ2v) is 6.71. The molecule has 2 aliphatic heterocycles. The number of benzene rings is 2. The molecule has 0 saturated heterocycles. The first-order valence-corrected chi connectivity index (χ1v) is 8.47. The van der Waals surface area contributed by atoms with Crippen LogP contribution in [-0.4, -0.2) is 34.0 Å². The number of hydrogen-bond acceptors (Lipinski definition) is 5. The Morgan fingerprint density at radius 1 is 1.20 bits per heavy atom. The van der Waals surface area contributed by atoms with Crippen LogP contribution in [0.5, 0.6) is 23.0 Å². The first kappa shape index (κ1) is 16.1. The van der Waals surface area contributed by atoms with Gasteiger partial charge in [0.05, 0.1) is 25.7 Å². The van der Waals surface area contributed by atoms with E-state index in [-0.39, 0.29) is 12.7 Å². The number of fused-ring (bicyclic) bond motifs is 2. The summed E-state index contributed by atoms with van der Waals surface area (Å²) in [7, 11) is 4.87. The standard InChI is InChI=1S/C18H16BrNO5/c1-20-11-5-4-9(19)6-10(11)14(18(20)21)15-16(23-3)12(22-2)7-13-17(15)25-8-24-13/h4-7,14H,8H2,1-3H3/t14-/m1/s1. The number of amides is 1. The molecule has 25 heavy (non-hydrogen) atoms. The molecule has 1 atom stereocenters. The monoisotopic (exact) mass is 405 g/mol. The van der Waals surface area contributed by atoms with Gasteiger partial charge in [0.2, 0.25) is 12.7 Å². The molecule has 1 amide bonds. The number of carbonyl (C=O) groups excluding carboxylic acids is 1. The van der Waals surface area contributed by atoms with E-state index in [0.717, 1.165) is 15.7 Å². The molecule has 0 spiro atoms. The smallest absolute Gasteiger partial charge is 0.239 e. The Kier molecular flexibility index (Phi) is 3.76. The van der Waals surface area contributed by atoms with Crippen molar-refractivity contribution < 1.29 is 23.7 Å². The molecule has 2 aliphatic rings. The van der Waals surface area contributed by atoms with Gasteiger partial charge in [-0.15, -0.1) is 0 Å². The first-order valence-electron chi connectivity index (χ1n) is 7.68. The van der Waals surface area contributed by atoms with Crippen LogP contribution < -0.4 is 23.8 Å². The Labute approximate surface area is 153 Å². The lowest BCUT2D eigenvalue weighted by atomic mass is 9.90. The van der Waals surface area contributed by atoms with Crippen LogP contribution in [-0.2, 0) is 4.79 Å². The Morgan fingerprint density at radius 2 is 2.00 bits per heavy atom. The number of anilines is 1. The van der Waals surface area contributed by atoms with Crippen molar-refractivity contribution in [2.24, 2.45) is 0 Å². The van der Waals surface area contributed by atoms with Crippen molar-refractivity contribution in [3.05, 3.63) is 39.9 Å². The Balaban J connectivity index is 2.01. The summed E-state index contributed by atoms with van der Waals surface area (Å²) in [4.78, 5) is 14.7. The lowest BCUT2D eigenvalue weighted by Crippen LogP contribution is -2.25. The van der Waals surface area contributed by atoms with Gasteiger partial charge in [-0.25, -0.2) is 0 Å². The molecule has 2 heterocycles. The number of carbonyl (C=O) groups is 1. The number of ether oxygens (including phenoxy) is 4. The summed E-state index contributed by atoms with van der Waals surface area (Å²) in [6, 6.07) is 7.50. The van der Waals surface area contributed by atoms with Crippen LogP contribution in [0.1, 0.15) is 17.0 Å². The van der Waals surface area contributed by atoms with Crippen LogP contribution in [0.3, 0.4) is 0 Å². The number of nitrogens with zero attached hydrogens (tertiary/aromatic N) is 1. The zero-order valence-electron chi connectivity index (χ0n) is 14.0. The van der Waals surface area contributed by atoms with Crippen LogP contribution >= 0.6 is 15.9 Å². The van der Waals surface area contributed by atoms with Gasteiger partial charge in [0.15, 0.2) is 23.0 Å². The van der Waals surface area contributed by atoms with Gasteiger partial charge in [0.25, 0.3) is 0 Å². The number of methoxy groups -OCH3 is 2. The summed E-state index contributed by atoms with van der Waals surface area (Å²) < 4.78 is 23.1. The van der Waals surface area contributed by atoms with E-state index in [4.69, 9.17) is 18.9 Å². The van der Waals surface area contributed by atoms with Crippen LogP contribution in [0.15, 0.2) is 28.7 Å². The summed E-state index contributed by atoms with van der Waals surface area (Å²) in [5.41, 5.74) is 2.37. The predicted octanol–water partition coefficient (Wildman–Crippen LogP) is 3.30. The topological polar surface area (TPSA) is 57.2 Å². The summed E-state index contributed by atoms with van der Waals surface area (Å²) >= 11 is 3.49. The molecule has 130 valence electrons. The summed E-state index contributed by atoms with van der Waals surface area (Å²) in [5.74, 6) is 1.44. The number of likely N-dealkylation sites (N-methyl/N-ethyl adjacent to an activating group) is 1. The third-order valence-electron chi connectivity index (χ3n) is 4.57. The SMILES string of the molecule is COc1cc2c(c([C@@H]3C(=O)N(C)c4ccc(Br)cc43)c1OC)OCO2. The fourth-order valence-corrected chi connectivity index (χ4v) is 3.82. The Morgan fingerprint density at radius 3 is 2.72 bits per heavy atom. The molecular weight excluding hydrogens is 390 g/mol. The molecule has 2 aromatic rings. The quantitative estimate of drug-likeness (QED) is 0.783. The number of hydrogen-bond donors (Lipinski definition) is 0. The van der Waals surface area contributed by atoms with E-state index in [0.29, 0.717) is 28.6 Å². The highest BCUT2D eigenvalue weighted by Crippen LogP contribution is 2.54. The average molecular weight is 406 g/mol. The predicted molar refractivity (Wildman–Crippen MR) is 95.1 cm³/mol. The van der Waals surface area contributed by atoms with E-state index in [9.17, 15) is 4.79 Å². The first-order chi connectivity index (χ1) is 12.1. The maximum Gasteiger partial charge on any atom is 0.239 e. The third kappa shape index (κ3) is 2.26. The van der Waals surface area contributed by atoms with Crippen LogP contribution in [0.4, 0.5) is 5.69 Å². The molecule has 0 aromatic heterocycles. The van der Waals surface area contributed by atoms with Gasteiger partial charge >= 0.3 is 0 Å². The van der Waals surface area contributed by atoms with Crippen molar-refractivity contribution in [1.82, 2.24) is 0 Å². The van der Waals surface area contributed by atoms with E-state index in [1.807, 2.05) is 18.2 Å². The maximum absolute atomic E-state index is 13.1. The molecule has 0 unspecified atom stereocenters. The van der Waals surface area contributed by atoms with Gasteiger partial charge in [-0.3, -0.25) is 4.79 Å². The fraction of sp³-hybridized carbons (Fsp3) is 0.278. The highest BCUT2D eigenvalue weighted by atomic mass is 79.9. The van der Waals surface area contributed by atoms with Crippen molar-refractivity contribution in [2.45, 2.75) is 5.92 Å². The lowest BCUT2D eigenvalue weighted by Gasteiger charge is -2.19. The van der Waals surface area contributed by atoms with Gasteiger partial charge < -0.3 is 23.8 Å². The molecule has 0 saturated carbocycles. The average Bonchev–Trinajstić information content (AvgIpc) is 3.17. The normalized spacial score (nSPS) is 17.7. The molecule has 0 fully saturated rings. The summed E-state index contributed by atoms with van der Waals surface area (Å²) in [5, 5.41) is 0. The van der Waals surface area contributed by atoms with Gasteiger partial charge in [-0.2, -0.15) is 0 Å². The molecule has 7 heteroatoms. The van der Waals surface area contributed by atoms with E-state index < -0.39 is 5.92 Å². The second-order valence-electron chi connectivity index (χ2n) is 5.79. The zero-order chi connectivity index (χ0) is 17.7. The Hall–Kier alpha value is -2.41. The highest BCUT2D eigenvalue weighted by molar-refractivity contribution is 9.10. The van der Waals surface area contributed by atoms with Crippen LogP contribution in [0.2, 0.25) is 0 Å². The minimum atomic E-state index is -0.557. The van der Waals surface area contributed by atoms with Crippen molar-refractivity contribution in [3.8, 4) is 23.0 Å². The molecule has 4 rings (SSSR count). The molecule has 0 aliphatic carbocycles. The third-order valence-corrected chi connectivity index (χ3v) is 5.06. The lowest BCUT2D eigenvalue weighted by molar-refractivity contribution is -0.118. The molecule has 6 nitrogen and oxygen atoms in total. The molecular formula is C18H16BrNO5. The molecule has 0 bridgehead atoms. The van der Waals surface area contributed by atoms with Crippen molar-refractivity contribution in [1.29, 1.82) is 0 Å². The van der Waals surface area contributed by atoms with Crippen LogP contribution in [0, 0.1) is 0 Å². The van der Waals surface area contributed by atoms with Gasteiger partial charge in [0.1, 0.15) is 0 Å². The number of halogens is 1. The van der Waals surface area contributed by atoms with Gasteiger partial charge in [-0.1, -0.05) is 15.9 Å². The number of rotatable bonds is 3. The Bertz CT molecular complexity index is 882. The molecule has 0 radical (unpaired) electrons. The van der Waals surface area contributed by atoms with Gasteiger partial charge in [0, 0.05) is 23.3 Å². The minimum absolute atomic E-state index is 0.0580. The second kappa shape index (κ2) is 5.84. The largest absolute Gasteiger partial charge is 0.493 e. The van der Waals surface area contributed by atoms with E-state index in [1.165, 1.54) is 0 Å². The van der Waals surface area contributed by atoms with Gasteiger partial charge in [-0.05, 0) is 23.8 Å². The van der Waals surface area contributed by atoms with E-state index >= 15 is 0 Å². The summed E-state index contributed by atoms with van der Waals surface area (Å²) in [6.07, 6.45) is 0. The summed E-state index contributed by atoms with van der Waals surface area (Å²) in [6.45, 7) is 0.0980. The molecule has 0 N–H and O–H groups in total. The van der Waals surface area contributed by atoms with Crippen molar-refractivity contribution in [3.63, 3.8) is 0 Å². The molecule has 2 aromatic carbocycles. The van der Waals surface area contributed by atoms with Crippen molar-refractivity contribution in [2.75, 3.05) is 33.0 Å².